The molecule has 0 saturated heterocycles. The number of rotatable bonds is 7. The molecule has 0 heterocycles. The quantitative estimate of drug-likeness (QED) is 0.769. The first-order valence-electron chi connectivity index (χ1n) is 6.92. The standard InChI is InChI=1S/C15H21F4NO/c1-4-21-9-14(10(2)3)20-8-11-5-6-13(16)12(7-11)15(17,18)19/h5-7,10,14,20H,4,8-9H2,1-3H3. The van der Waals surface area contributed by atoms with Crippen molar-refractivity contribution < 1.29 is 22.3 Å². The molecule has 0 aliphatic heterocycles. The Morgan fingerprint density at radius 2 is 1.90 bits per heavy atom. The highest BCUT2D eigenvalue weighted by atomic mass is 19.4. The Morgan fingerprint density at radius 3 is 2.43 bits per heavy atom. The van der Waals surface area contributed by atoms with Gasteiger partial charge in [0.05, 0.1) is 12.2 Å². The van der Waals surface area contributed by atoms with E-state index in [0.717, 1.165) is 12.1 Å². The van der Waals surface area contributed by atoms with Crippen LogP contribution in [0.3, 0.4) is 0 Å². The summed E-state index contributed by atoms with van der Waals surface area (Å²) in [6.45, 7) is 7.19. The lowest BCUT2D eigenvalue weighted by molar-refractivity contribution is -0.140. The smallest absolute Gasteiger partial charge is 0.380 e. The first-order valence-corrected chi connectivity index (χ1v) is 6.92. The van der Waals surface area contributed by atoms with Crippen LogP contribution in [0.15, 0.2) is 18.2 Å². The Balaban J connectivity index is 2.74. The van der Waals surface area contributed by atoms with E-state index in [9.17, 15) is 17.6 Å². The van der Waals surface area contributed by atoms with E-state index in [1.165, 1.54) is 6.07 Å². The molecule has 1 rings (SSSR count). The molecule has 0 aliphatic carbocycles. The molecule has 1 unspecified atom stereocenters. The topological polar surface area (TPSA) is 21.3 Å². The molecular formula is C15H21F4NO. The van der Waals surface area contributed by atoms with Gasteiger partial charge in [0.2, 0.25) is 0 Å². The van der Waals surface area contributed by atoms with Gasteiger partial charge in [-0.15, -0.1) is 0 Å². The maximum absolute atomic E-state index is 13.2. The molecule has 2 nitrogen and oxygen atoms in total. The van der Waals surface area contributed by atoms with Gasteiger partial charge >= 0.3 is 6.18 Å². The van der Waals surface area contributed by atoms with E-state index >= 15 is 0 Å². The lowest BCUT2D eigenvalue weighted by Gasteiger charge is -2.22. The number of alkyl halides is 3. The molecule has 0 saturated carbocycles. The van der Waals surface area contributed by atoms with Crippen molar-refractivity contribution in [2.75, 3.05) is 13.2 Å². The maximum atomic E-state index is 13.2. The fourth-order valence-corrected chi connectivity index (χ4v) is 1.88. The number of benzene rings is 1. The van der Waals surface area contributed by atoms with Crippen LogP contribution in [0.4, 0.5) is 17.6 Å². The molecule has 1 aromatic rings. The molecule has 0 amide bonds. The highest BCUT2D eigenvalue weighted by molar-refractivity contribution is 5.27. The minimum atomic E-state index is -4.68. The van der Waals surface area contributed by atoms with Gasteiger partial charge in [-0.2, -0.15) is 13.2 Å². The van der Waals surface area contributed by atoms with Crippen LogP contribution >= 0.6 is 0 Å². The third-order valence-corrected chi connectivity index (χ3v) is 3.21. The van der Waals surface area contributed by atoms with Crippen molar-refractivity contribution in [3.8, 4) is 0 Å². The van der Waals surface area contributed by atoms with E-state index in [1.807, 2.05) is 20.8 Å². The first-order chi connectivity index (χ1) is 9.75. The van der Waals surface area contributed by atoms with E-state index in [-0.39, 0.29) is 18.5 Å². The molecule has 0 radical (unpaired) electrons. The highest BCUT2D eigenvalue weighted by Gasteiger charge is 2.34. The molecule has 21 heavy (non-hydrogen) atoms. The van der Waals surface area contributed by atoms with Crippen molar-refractivity contribution in [2.45, 2.75) is 39.5 Å². The van der Waals surface area contributed by atoms with Crippen LogP contribution in [0.1, 0.15) is 31.9 Å². The second-order valence-corrected chi connectivity index (χ2v) is 5.20. The summed E-state index contributed by atoms with van der Waals surface area (Å²) < 4.78 is 56.5. The summed E-state index contributed by atoms with van der Waals surface area (Å²) in [5, 5.41) is 3.15. The predicted octanol–water partition coefficient (Wildman–Crippen LogP) is 4.00. The Kier molecular flexibility index (Phi) is 6.61. The molecule has 0 fully saturated rings. The van der Waals surface area contributed by atoms with Gasteiger partial charge in [0.25, 0.3) is 0 Å². The molecule has 0 spiro atoms. The lowest BCUT2D eigenvalue weighted by Crippen LogP contribution is -2.37. The van der Waals surface area contributed by atoms with Crippen LogP contribution < -0.4 is 5.32 Å². The first kappa shape index (κ1) is 17.9. The van der Waals surface area contributed by atoms with Crippen LogP contribution in [0.25, 0.3) is 0 Å². The third kappa shape index (κ3) is 5.63. The van der Waals surface area contributed by atoms with Crippen LogP contribution in [0.2, 0.25) is 0 Å². The van der Waals surface area contributed by atoms with Crippen molar-refractivity contribution in [3.05, 3.63) is 35.1 Å². The number of ether oxygens (including phenoxy) is 1. The number of hydrogen-bond donors (Lipinski definition) is 1. The molecular weight excluding hydrogens is 286 g/mol. The van der Waals surface area contributed by atoms with Crippen molar-refractivity contribution in [2.24, 2.45) is 5.92 Å². The second-order valence-electron chi connectivity index (χ2n) is 5.20. The zero-order valence-corrected chi connectivity index (χ0v) is 12.4. The summed E-state index contributed by atoms with van der Waals surface area (Å²) in [5.74, 6) is -0.972. The Bertz CT molecular complexity index is 446. The van der Waals surface area contributed by atoms with Gasteiger partial charge in [0.1, 0.15) is 5.82 Å². The maximum Gasteiger partial charge on any atom is 0.419 e. The second kappa shape index (κ2) is 7.75. The van der Waals surface area contributed by atoms with Crippen molar-refractivity contribution in [1.82, 2.24) is 5.32 Å². The molecule has 0 bridgehead atoms. The van der Waals surface area contributed by atoms with E-state index in [2.05, 4.69) is 5.32 Å². The largest absolute Gasteiger partial charge is 0.419 e. The van der Waals surface area contributed by atoms with Crippen LogP contribution in [-0.2, 0) is 17.5 Å². The minimum absolute atomic E-state index is 0.0318. The van der Waals surface area contributed by atoms with E-state index in [1.54, 1.807) is 0 Å². The zero-order valence-electron chi connectivity index (χ0n) is 12.4. The Labute approximate surface area is 122 Å². The molecule has 1 aromatic carbocycles. The predicted molar refractivity (Wildman–Crippen MR) is 73.4 cm³/mol. The number of hydrogen-bond acceptors (Lipinski definition) is 2. The summed E-state index contributed by atoms with van der Waals surface area (Å²) >= 11 is 0. The molecule has 1 N–H and O–H groups in total. The van der Waals surface area contributed by atoms with Gasteiger partial charge < -0.3 is 10.1 Å². The van der Waals surface area contributed by atoms with Gasteiger partial charge in [-0.1, -0.05) is 19.9 Å². The van der Waals surface area contributed by atoms with Gasteiger partial charge in [0, 0.05) is 19.2 Å². The monoisotopic (exact) mass is 307 g/mol. The van der Waals surface area contributed by atoms with Crippen molar-refractivity contribution >= 4 is 0 Å². The lowest BCUT2D eigenvalue weighted by atomic mass is 10.0. The summed E-state index contributed by atoms with van der Waals surface area (Å²) in [4.78, 5) is 0. The zero-order chi connectivity index (χ0) is 16.0. The van der Waals surface area contributed by atoms with E-state index < -0.39 is 17.6 Å². The van der Waals surface area contributed by atoms with Crippen molar-refractivity contribution in [1.29, 1.82) is 0 Å². The van der Waals surface area contributed by atoms with E-state index in [4.69, 9.17) is 4.74 Å². The van der Waals surface area contributed by atoms with Crippen LogP contribution in [-0.4, -0.2) is 19.3 Å². The molecule has 120 valence electrons. The van der Waals surface area contributed by atoms with Crippen LogP contribution in [0.5, 0.6) is 0 Å². The van der Waals surface area contributed by atoms with Gasteiger partial charge in [-0.05, 0) is 30.5 Å². The fraction of sp³-hybridized carbons (Fsp3) is 0.600. The van der Waals surface area contributed by atoms with Gasteiger partial charge in [0.15, 0.2) is 0 Å². The third-order valence-electron chi connectivity index (χ3n) is 3.21. The summed E-state index contributed by atoms with van der Waals surface area (Å²) in [6, 6.07) is 3.09. The summed E-state index contributed by atoms with van der Waals surface area (Å²) in [6.07, 6.45) is -4.68. The Morgan fingerprint density at radius 1 is 1.24 bits per heavy atom. The van der Waals surface area contributed by atoms with E-state index in [0.29, 0.717) is 18.8 Å². The SMILES string of the molecule is CCOCC(NCc1ccc(F)c(C(F)(F)F)c1)C(C)C. The average Bonchev–Trinajstić information content (AvgIpc) is 2.38. The fourth-order valence-electron chi connectivity index (χ4n) is 1.88. The molecule has 0 aromatic heterocycles. The van der Waals surface area contributed by atoms with Gasteiger partial charge in [-0.3, -0.25) is 0 Å². The molecule has 1 atom stereocenters. The van der Waals surface area contributed by atoms with Crippen LogP contribution in [0, 0.1) is 11.7 Å². The summed E-state index contributed by atoms with van der Waals surface area (Å²) in [7, 11) is 0. The highest BCUT2D eigenvalue weighted by Crippen LogP contribution is 2.31. The molecule has 0 aliphatic rings. The average molecular weight is 307 g/mol. The number of nitrogens with one attached hydrogen (secondary N) is 1. The van der Waals surface area contributed by atoms with Crippen molar-refractivity contribution in [3.63, 3.8) is 0 Å². The Hall–Kier alpha value is -1.14. The normalized spacial score (nSPS) is 13.7. The minimum Gasteiger partial charge on any atom is -0.380 e. The molecule has 6 heteroatoms. The number of halogens is 4. The van der Waals surface area contributed by atoms with Gasteiger partial charge in [-0.25, -0.2) is 4.39 Å². The summed E-state index contributed by atoms with van der Waals surface area (Å²) in [5.41, 5.74) is -0.835.